The highest BCUT2D eigenvalue weighted by atomic mass is 32.2. The van der Waals surface area contributed by atoms with E-state index in [1.165, 1.54) is 12.1 Å². The maximum atomic E-state index is 13.4. The summed E-state index contributed by atoms with van der Waals surface area (Å²) in [7, 11) is -3.27. The molecule has 0 bridgehead atoms. The normalized spacial score (nSPS) is 20.8. The molecule has 0 unspecified atom stereocenters. The summed E-state index contributed by atoms with van der Waals surface area (Å²) in [4.78, 5) is 0. The van der Waals surface area contributed by atoms with Crippen molar-refractivity contribution in [1.82, 2.24) is 10.0 Å². The number of rotatable bonds is 5. The minimum Gasteiger partial charge on any atom is -0.312 e. The highest BCUT2D eigenvalue weighted by molar-refractivity contribution is 7.88. The summed E-state index contributed by atoms with van der Waals surface area (Å²) in [6.07, 6.45) is 2.51. The predicted octanol–water partition coefficient (Wildman–Crippen LogP) is 2.45. The van der Waals surface area contributed by atoms with Gasteiger partial charge in [0.1, 0.15) is 11.6 Å². The molecule has 3 rings (SSSR count). The number of hydrogen-bond donors (Lipinski definition) is 2. The van der Waals surface area contributed by atoms with E-state index in [-0.39, 0.29) is 12.1 Å². The van der Waals surface area contributed by atoms with Gasteiger partial charge in [0.25, 0.3) is 0 Å². The quantitative estimate of drug-likeness (QED) is 0.855. The SMILES string of the molecule is CS(=O)(=O)N[C@H]1CCN[C@H]1Cc1cccc(-c2cc(F)cc(F)c2)c1. The second kappa shape index (κ2) is 7.19. The smallest absolute Gasteiger partial charge is 0.209 e. The Balaban J connectivity index is 1.80. The molecule has 4 nitrogen and oxygen atoms in total. The van der Waals surface area contributed by atoms with Crippen LogP contribution in [-0.2, 0) is 16.4 Å². The number of hydrogen-bond acceptors (Lipinski definition) is 3. The van der Waals surface area contributed by atoms with Gasteiger partial charge in [0.05, 0.1) is 6.26 Å². The zero-order chi connectivity index (χ0) is 18.0. The minimum atomic E-state index is -3.27. The number of sulfonamides is 1. The van der Waals surface area contributed by atoms with Gasteiger partial charge in [-0.25, -0.2) is 21.9 Å². The fourth-order valence-electron chi connectivity index (χ4n) is 3.25. The summed E-state index contributed by atoms with van der Waals surface area (Å²) >= 11 is 0. The lowest BCUT2D eigenvalue weighted by atomic mass is 9.97. The van der Waals surface area contributed by atoms with Gasteiger partial charge in [0.15, 0.2) is 0 Å². The fourth-order valence-corrected chi connectivity index (χ4v) is 4.08. The molecule has 0 radical (unpaired) electrons. The molecule has 1 heterocycles. The second-order valence-corrected chi connectivity index (χ2v) is 8.19. The van der Waals surface area contributed by atoms with Crippen molar-refractivity contribution in [2.75, 3.05) is 12.8 Å². The van der Waals surface area contributed by atoms with Crippen molar-refractivity contribution >= 4 is 10.0 Å². The first-order valence-corrected chi connectivity index (χ1v) is 9.95. The molecule has 0 saturated carbocycles. The van der Waals surface area contributed by atoms with Gasteiger partial charge < -0.3 is 5.32 Å². The van der Waals surface area contributed by atoms with Gasteiger partial charge >= 0.3 is 0 Å². The van der Waals surface area contributed by atoms with Crippen molar-refractivity contribution in [2.45, 2.75) is 24.9 Å². The lowest BCUT2D eigenvalue weighted by molar-refractivity contribution is 0.494. The summed E-state index contributed by atoms with van der Waals surface area (Å²) in [5.41, 5.74) is 2.17. The van der Waals surface area contributed by atoms with Gasteiger partial charge in [-0.2, -0.15) is 0 Å². The third-order valence-electron chi connectivity index (χ3n) is 4.29. The molecule has 1 saturated heterocycles. The first kappa shape index (κ1) is 18.0. The minimum absolute atomic E-state index is 0.0192. The van der Waals surface area contributed by atoms with E-state index in [2.05, 4.69) is 10.0 Å². The summed E-state index contributed by atoms with van der Waals surface area (Å²) in [5, 5.41) is 3.31. The summed E-state index contributed by atoms with van der Waals surface area (Å²) in [5.74, 6) is -1.23. The van der Waals surface area contributed by atoms with Crippen LogP contribution in [0.4, 0.5) is 8.78 Å². The van der Waals surface area contributed by atoms with Crippen molar-refractivity contribution in [2.24, 2.45) is 0 Å². The van der Waals surface area contributed by atoms with Crippen molar-refractivity contribution in [3.05, 3.63) is 59.7 Å². The zero-order valence-electron chi connectivity index (χ0n) is 13.8. The molecule has 2 N–H and O–H groups in total. The Hall–Kier alpha value is -1.83. The van der Waals surface area contributed by atoms with Crippen molar-refractivity contribution in [3.63, 3.8) is 0 Å². The summed E-state index contributed by atoms with van der Waals surface area (Å²) < 4.78 is 52.5. The van der Waals surface area contributed by atoms with Gasteiger partial charge in [0.2, 0.25) is 10.0 Å². The molecule has 1 aliphatic heterocycles. The first-order valence-electron chi connectivity index (χ1n) is 8.06. The average Bonchev–Trinajstić information content (AvgIpc) is 2.91. The van der Waals surface area contributed by atoms with Crippen molar-refractivity contribution < 1.29 is 17.2 Å². The van der Waals surface area contributed by atoms with Crippen LogP contribution in [-0.4, -0.2) is 33.3 Å². The largest absolute Gasteiger partial charge is 0.312 e. The molecule has 134 valence electrons. The van der Waals surface area contributed by atoms with E-state index >= 15 is 0 Å². The Morgan fingerprint density at radius 1 is 1.12 bits per heavy atom. The van der Waals surface area contributed by atoms with E-state index in [0.717, 1.165) is 36.4 Å². The molecule has 2 atom stereocenters. The van der Waals surface area contributed by atoms with E-state index < -0.39 is 21.7 Å². The summed E-state index contributed by atoms with van der Waals surface area (Å²) in [6.45, 7) is 0.743. The van der Waals surface area contributed by atoms with Gasteiger partial charge in [-0.3, -0.25) is 0 Å². The molecular weight excluding hydrogens is 346 g/mol. The molecule has 25 heavy (non-hydrogen) atoms. The highest BCUT2D eigenvalue weighted by Crippen LogP contribution is 2.24. The number of nitrogens with one attached hydrogen (secondary N) is 2. The maximum absolute atomic E-state index is 13.4. The van der Waals surface area contributed by atoms with E-state index in [1.54, 1.807) is 6.07 Å². The number of benzene rings is 2. The van der Waals surface area contributed by atoms with Gasteiger partial charge in [-0.15, -0.1) is 0 Å². The fraction of sp³-hybridized carbons (Fsp3) is 0.333. The Morgan fingerprint density at radius 3 is 2.52 bits per heavy atom. The van der Waals surface area contributed by atoms with Crippen LogP contribution in [0.5, 0.6) is 0 Å². The third-order valence-corrected chi connectivity index (χ3v) is 5.02. The van der Waals surface area contributed by atoms with Crippen LogP contribution in [0, 0.1) is 11.6 Å². The molecule has 2 aromatic carbocycles. The van der Waals surface area contributed by atoms with Crippen molar-refractivity contribution in [1.29, 1.82) is 0 Å². The molecule has 1 fully saturated rings. The van der Waals surface area contributed by atoms with Crippen LogP contribution >= 0.6 is 0 Å². The number of halogens is 2. The lowest BCUT2D eigenvalue weighted by Crippen LogP contribution is -2.44. The van der Waals surface area contributed by atoms with Crippen LogP contribution in [0.2, 0.25) is 0 Å². The van der Waals surface area contributed by atoms with Gasteiger partial charge in [-0.1, -0.05) is 24.3 Å². The highest BCUT2D eigenvalue weighted by Gasteiger charge is 2.29. The molecule has 2 aromatic rings. The summed E-state index contributed by atoms with van der Waals surface area (Å²) in [6, 6.07) is 10.7. The van der Waals surface area contributed by atoms with E-state index in [9.17, 15) is 17.2 Å². The monoisotopic (exact) mass is 366 g/mol. The standard InChI is InChI=1S/C18H20F2N2O2S/c1-25(23,24)22-17-5-6-21-18(17)8-12-3-2-4-13(7-12)14-9-15(19)11-16(20)10-14/h2-4,7,9-11,17-18,21-22H,5-6,8H2,1H3/t17-,18-/m0/s1. The molecule has 0 amide bonds. The van der Waals surface area contributed by atoms with Crippen LogP contribution in [0.15, 0.2) is 42.5 Å². The molecule has 7 heteroatoms. The zero-order valence-corrected chi connectivity index (χ0v) is 14.6. The first-order chi connectivity index (χ1) is 11.8. The predicted molar refractivity (Wildman–Crippen MR) is 93.7 cm³/mol. The average molecular weight is 366 g/mol. The van der Waals surface area contributed by atoms with Crippen LogP contribution in [0.1, 0.15) is 12.0 Å². The molecular formula is C18H20F2N2O2S. The van der Waals surface area contributed by atoms with E-state index in [1.807, 2.05) is 18.2 Å². The van der Waals surface area contributed by atoms with E-state index in [4.69, 9.17) is 0 Å². The topological polar surface area (TPSA) is 58.2 Å². The Kier molecular flexibility index (Phi) is 5.17. The van der Waals surface area contributed by atoms with Crippen LogP contribution in [0.25, 0.3) is 11.1 Å². The molecule has 0 spiro atoms. The molecule has 0 aliphatic carbocycles. The Morgan fingerprint density at radius 2 is 1.84 bits per heavy atom. The Labute approximate surface area is 146 Å². The lowest BCUT2D eigenvalue weighted by Gasteiger charge is -2.20. The molecule has 1 aliphatic rings. The van der Waals surface area contributed by atoms with Crippen LogP contribution < -0.4 is 10.0 Å². The van der Waals surface area contributed by atoms with Gasteiger partial charge in [-0.05, 0) is 48.2 Å². The van der Waals surface area contributed by atoms with Crippen LogP contribution in [0.3, 0.4) is 0 Å². The maximum Gasteiger partial charge on any atom is 0.209 e. The van der Waals surface area contributed by atoms with Crippen molar-refractivity contribution in [3.8, 4) is 11.1 Å². The van der Waals surface area contributed by atoms with Gasteiger partial charge in [0, 0.05) is 18.2 Å². The van der Waals surface area contributed by atoms with E-state index in [0.29, 0.717) is 12.0 Å². The third kappa shape index (κ3) is 4.84. The second-order valence-electron chi connectivity index (χ2n) is 6.41. The Bertz CT molecular complexity index is 851. The molecule has 0 aromatic heterocycles.